The molecule has 0 aliphatic carbocycles. The Morgan fingerprint density at radius 3 is 3.00 bits per heavy atom. The van der Waals surface area contributed by atoms with Gasteiger partial charge in [-0.15, -0.1) is 0 Å². The molecule has 1 saturated heterocycles. The molecule has 130 valence electrons. The van der Waals surface area contributed by atoms with Gasteiger partial charge in [0.2, 0.25) is 0 Å². The van der Waals surface area contributed by atoms with E-state index in [4.69, 9.17) is 9.26 Å². The van der Waals surface area contributed by atoms with Crippen LogP contribution in [0.15, 0.2) is 28.8 Å². The van der Waals surface area contributed by atoms with Crippen molar-refractivity contribution < 1.29 is 14.1 Å². The fourth-order valence-electron chi connectivity index (χ4n) is 3.27. The molecule has 2 atom stereocenters. The molecule has 1 fully saturated rings. The number of aromatic amines is 1. The Morgan fingerprint density at radius 1 is 1.32 bits per heavy atom. The van der Waals surface area contributed by atoms with Crippen LogP contribution in [0.2, 0.25) is 0 Å². The number of ether oxygens (including phenoxy) is 1. The number of carbonyl (C=O) groups is 1. The number of aryl methyl sites for hydroxylation is 2. The number of benzene rings is 1. The number of nitrogens with zero attached hydrogens (tertiary/aromatic N) is 2. The first kappa shape index (κ1) is 15.8. The third kappa shape index (κ3) is 3.15. The maximum Gasteiger partial charge on any atom is 0.272 e. The summed E-state index contributed by atoms with van der Waals surface area (Å²) < 4.78 is 10.9. The second-order valence-corrected chi connectivity index (χ2v) is 6.64. The molecule has 7 nitrogen and oxygen atoms in total. The number of nitrogens with one attached hydrogen (secondary N) is 2. The first-order valence-electron chi connectivity index (χ1n) is 8.35. The van der Waals surface area contributed by atoms with Crippen molar-refractivity contribution >= 4 is 16.8 Å². The molecule has 0 bridgehead atoms. The van der Waals surface area contributed by atoms with E-state index in [1.807, 2.05) is 38.1 Å². The summed E-state index contributed by atoms with van der Waals surface area (Å²) in [5.74, 6) is 0.780. The Labute approximate surface area is 144 Å². The predicted molar refractivity (Wildman–Crippen MR) is 91.3 cm³/mol. The summed E-state index contributed by atoms with van der Waals surface area (Å²) in [5, 5.41) is 14.9. The number of amides is 1. The Morgan fingerprint density at radius 2 is 2.20 bits per heavy atom. The van der Waals surface area contributed by atoms with Crippen molar-refractivity contribution in [1.82, 2.24) is 20.7 Å². The second kappa shape index (κ2) is 6.33. The van der Waals surface area contributed by atoms with E-state index in [1.165, 1.54) is 0 Å². The summed E-state index contributed by atoms with van der Waals surface area (Å²) >= 11 is 0. The van der Waals surface area contributed by atoms with Gasteiger partial charge < -0.3 is 14.6 Å². The van der Waals surface area contributed by atoms with Crippen molar-refractivity contribution in [1.29, 1.82) is 0 Å². The molecular weight excluding hydrogens is 320 g/mol. The van der Waals surface area contributed by atoms with Crippen molar-refractivity contribution in [2.75, 3.05) is 13.2 Å². The van der Waals surface area contributed by atoms with Crippen LogP contribution in [0.25, 0.3) is 10.9 Å². The number of carbonyl (C=O) groups excluding carboxylic acids is 1. The van der Waals surface area contributed by atoms with E-state index in [2.05, 4.69) is 20.7 Å². The van der Waals surface area contributed by atoms with Gasteiger partial charge in [-0.3, -0.25) is 9.89 Å². The van der Waals surface area contributed by atoms with Gasteiger partial charge in [-0.25, -0.2) is 0 Å². The van der Waals surface area contributed by atoms with Crippen LogP contribution in [0.5, 0.6) is 0 Å². The average molecular weight is 340 g/mol. The number of fused-ring (bicyclic) bond motifs is 1. The van der Waals surface area contributed by atoms with E-state index >= 15 is 0 Å². The van der Waals surface area contributed by atoms with Gasteiger partial charge in [-0.05, 0) is 26.0 Å². The molecule has 2 aromatic heterocycles. The summed E-state index contributed by atoms with van der Waals surface area (Å²) in [6, 6.07) is 7.73. The molecule has 4 rings (SSSR count). The first-order valence-corrected chi connectivity index (χ1v) is 8.35. The topological polar surface area (TPSA) is 93.0 Å². The molecule has 0 spiro atoms. The molecule has 0 unspecified atom stereocenters. The van der Waals surface area contributed by atoms with Gasteiger partial charge in [0.25, 0.3) is 5.91 Å². The van der Waals surface area contributed by atoms with Crippen LogP contribution in [0.1, 0.15) is 27.5 Å². The minimum Gasteiger partial charge on any atom is -0.379 e. The minimum atomic E-state index is -0.189. The van der Waals surface area contributed by atoms with Crippen molar-refractivity contribution in [3.05, 3.63) is 47.0 Å². The summed E-state index contributed by atoms with van der Waals surface area (Å²) in [6.07, 6.45) is 0.687. The molecule has 25 heavy (non-hydrogen) atoms. The van der Waals surface area contributed by atoms with Gasteiger partial charge in [-0.2, -0.15) is 5.10 Å². The van der Waals surface area contributed by atoms with Crippen molar-refractivity contribution in [3.8, 4) is 0 Å². The molecule has 1 amide bonds. The molecule has 3 heterocycles. The monoisotopic (exact) mass is 340 g/mol. The Bertz CT molecular complexity index is 914. The molecule has 1 aromatic carbocycles. The number of rotatable bonds is 4. The van der Waals surface area contributed by atoms with Gasteiger partial charge >= 0.3 is 0 Å². The van der Waals surface area contributed by atoms with Crippen molar-refractivity contribution in [3.63, 3.8) is 0 Å². The zero-order valence-electron chi connectivity index (χ0n) is 14.2. The van der Waals surface area contributed by atoms with E-state index < -0.39 is 0 Å². The second-order valence-electron chi connectivity index (χ2n) is 6.64. The van der Waals surface area contributed by atoms with Crippen LogP contribution in [0, 0.1) is 19.8 Å². The summed E-state index contributed by atoms with van der Waals surface area (Å²) in [6.45, 7) is 4.96. The number of hydrogen-bond donors (Lipinski definition) is 2. The Kier molecular flexibility index (Phi) is 4.01. The van der Waals surface area contributed by atoms with E-state index in [-0.39, 0.29) is 17.9 Å². The largest absolute Gasteiger partial charge is 0.379 e. The fraction of sp³-hybridized carbons (Fsp3) is 0.389. The smallest absolute Gasteiger partial charge is 0.272 e. The van der Waals surface area contributed by atoms with E-state index in [1.54, 1.807) is 0 Å². The van der Waals surface area contributed by atoms with Gasteiger partial charge in [0, 0.05) is 23.8 Å². The highest BCUT2D eigenvalue weighted by atomic mass is 16.5. The molecule has 1 aliphatic heterocycles. The number of aromatic nitrogens is 3. The quantitative estimate of drug-likeness (QED) is 0.759. The lowest BCUT2D eigenvalue weighted by molar-refractivity contribution is 0.0921. The minimum absolute atomic E-state index is 0.0746. The highest BCUT2D eigenvalue weighted by molar-refractivity contribution is 6.04. The maximum absolute atomic E-state index is 12.7. The molecule has 2 N–H and O–H groups in total. The van der Waals surface area contributed by atoms with Gasteiger partial charge in [-0.1, -0.05) is 16.8 Å². The molecule has 3 aromatic rings. The zero-order valence-corrected chi connectivity index (χ0v) is 14.2. The average Bonchev–Trinajstić information content (AvgIpc) is 3.28. The maximum atomic E-state index is 12.7. The van der Waals surface area contributed by atoms with Gasteiger partial charge in [0.15, 0.2) is 5.69 Å². The Balaban J connectivity index is 1.50. The van der Waals surface area contributed by atoms with Crippen LogP contribution >= 0.6 is 0 Å². The lowest BCUT2D eigenvalue weighted by atomic mass is 9.98. The molecule has 0 saturated carbocycles. The summed E-state index contributed by atoms with van der Waals surface area (Å²) in [5.41, 5.74) is 3.21. The van der Waals surface area contributed by atoms with Gasteiger partial charge in [0.1, 0.15) is 5.76 Å². The van der Waals surface area contributed by atoms with Gasteiger partial charge in [0.05, 0.1) is 30.5 Å². The molecule has 7 heteroatoms. The first-order chi connectivity index (χ1) is 12.1. The standard InChI is InChI=1S/C18H20N4O3/c1-10-3-4-15-14(5-10)17(21-20-15)18(23)19-16-9-24-8-12(16)7-13-6-11(2)22-25-13/h3-6,12,16H,7-9H2,1-2H3,(H,19,23)(H,20,21)/t12-,16+/m1/s1. The van der Waals surface area contributed by atoms with Crippen LogP contribution in [-0.2, 0) is 11.2 Å². The van der Waals surface area contributed by atoms with Crippen LogP contribution < -0.4 is 5.32 Å². The highest BCUT2D eigenvalue weighted by Crippen LogP contribution is 2.22. The zero-order chi connectivity index (χ0) is 17.4. The van der Waals surface area contributed by atoms with E-state index in [9.17, 15) is 4.79 Å². The lowest BCUT2D eigenvalue weighted by Gasteiger charge is -2.17. The SMILES string of the molecule is Cc1ccc2[nH]nc(C(=O)N[C@H]3COC[C@H]3Cc3cc(C)no3)c2c1. The molecule has 0 radical (unpaired) electrons. The van der Waals surface area contributed by atoms with Crippen LogP contribution in [-0.4, -0.2) is 40.5 Å². The summed E-state index contributed by atoms with van der Waals surface area (Å²) in [7, 11) is 0. The highest BCUT2D eigenvalue weighted by Gasteiger charge is 2.31. The fourth-order valence-corrected chi connectivity index (χ4v) is 3.27. The normalized spacial score (nSPS) is 20.2. The third-order valence-corrected chi connectivity index (χ3v) is 4.59. The molecule has 1 aliphatic rings. The van der Waals surface area contributed by atoms with Crippen LogP contribution in [0.4, 0.5) is 0 Å². The van der Waals surface area contributed by atoms with Crippen LogP contribution in [0.3, 0.4) is 0 Å². The number of hydrogen-bond acceptors (Lipinski definition) is 5. The lowest BCUT2D eigenvalue weighted by Crippen LogP contribution is -2.40. The molecular formula is C18H20N4O3. The Hall–Kier alpha value is -2.67. The predicted octanol–water partition coefficient (Wildman–Crippen LogP) is 2.16. The third-order valence-electron chi connectivity index (χ3n) is 4.59. The van der Waals surface area contributed by atoms with Crippen molar-refractivity contribution in [2.45, 2.75) is 26.3 Å². The van der Waals surface area contributed by atoms with E-state index in [0.29, 0.717) is 25.3 Å². The number of H-pyrrole nitrogens is 1. The van der Waals surface area contributed by atoms with E-state index in [0.717, 1.165) is 27.9 Å². The van der Waals surface area contributed by atoms with Crippen molar-refractivity contribution in [2.24, 2.45) is 5.92 Å². The summed E-state index contributed by atoms with van der Waals surface area (Å²) in [4.78, 5) is 12.7.